The van der Waals surface area contributed by atoms with Gasteiger partial charge in [0, 0.05) is 18.6 Å². The van der Waals surface area contributed by atoms with Gasteiger partial charge in [0.05, 0.1) is 0 Å². The molecule has 3 atom stereocenters. The van der Waals surface area contributed by atoms with E-state index in [1.165, 1.54) is 0 Å². The molecule has 140 valence electrons. The van der Waals surface area contributed by atoms with Gasteiger partial charge in [-0.1, -0.05) is 6.42 Å². The van der Waals surface area contributed by atoms with E-state index in [-0.39, 0.29) is 24.1 Å². The number of hydrogen-bond donors (Lipinski definition) is 1. The van der Waals surface area contributed by atoms with Gasteiger partial charge in [-0.2, -0.15) is 18.7 Å². The molecule has 5 nitrogen and oxygen atoms in total. The Morgan fingerprint density at radius 3 is 2.50 bits per heavy atom. The van der Waals surface area contributed by atoms with E-state index in [9.17, 15) is 18.0 Å². The first-order valence-corrected chi connectivity index (χ1v) is 8.50. The Hall–Kier alpha value is -1.02. The fraction of sp³-hybridized carbons (Fsp3) is 0.938. The zero-order valence-electron chi connectivity index (χ0n) is 14.5. The van der Waals surface area contributed by atoms with Gasteiger partial charge in [0.2, 0.25) is 0 Å². The van der Waals surface area contributed by atoms with E-state index in [1.54, 1.807) is 4.90 Å². The van der Waals surface area contributed by atoms with Crippen LogP contribution < -0.4 is 5.48 Å². The average molecular weight is 352 g/mol. The van der Waals surface area contributed by atoms with Crippen molar-refractivity contribution in [2.24, 2.45) is 5.92 Å². The van der Waals surface area contributed by atoms with Crippen LogP contribution in [0.15, 0.2) is 0 Å². The van der Waals surface area contributed by atoms with E-state index in [1.807, 2.05) is 20.8 Å². The summed E-state index contributed by atoms with van der Waals surface area (Å²) in [6.07, 6.45) is -0.421. The SMILES string of the molecule is CC(C)(C)OC(=O)N1CCCC1C1CCCC1NOCC(F)(F)F. The second kappa shape index (κ2) is 7.47. The largest absolute Gasteiger partial charge is 0.444 e. The molecule has 1 heterocycles. The summed E-state index contributed by atoms with van der Waals surface area (Å²) in [4.78, 5) is 18.8. The third-order valence-corrected chi connectivity index (χ3v) is 4.46. The monoisotopic (exact) mass is 352 g/mol. The van der Waals surface area contributed by atoms with Gasteiger partial charge in [-0.3, -0.25) is 4.84 Å². The molecule has 1 aliphatic carbocycles. The van der Waals surface area contributed by atoms with Crippen LogP contribution in [0.3, 0.4) is 0 Å². The highest BCUT2D eigenvalue weighted by Gasteiger charge is 2.42. The molecule has 24 heavy (non-hydrogen) atoms. The molecule has 2 fully saturated rings. The Kier molecular flexibility index (Phi) is 6.01. The number of amides is 1. The Morgan fingerprint density at radius 2 is 1.88 bits per heavy atom. The van der Waals surface area contributed by atoms with E-state index in [4.69, 9.17) is 4.74 Å². The van der Waals surface area contributed by atoms with Gasteiger partial charge < -0.3 is 9.64 Å². The summed E-state index contributed by atoms with van der Waals surface area (Å²) < 4.78 is 42.1. The number of hydroxylamine groups is 1. The zero-order chi connectivity index (χ0) is 18.0. The maximum absolute atomic E-state index is 12.4. The summed E-state index contributed by atoms with van der Waals surface area (Å²) in [7, 11) is 0. The molecule has 8 heteroatoms. The molecule has 1 amide bonds. The molecule has 0 bridgehead atoms. The lowest BCUT2D eigenvalue weighted by Gasteiger charge is -2.34. The molecule has 3 unspecified atom stereocenters. The van der Waals surface area contributed by atoms with E-state index < -0.39 is 18.4 Å². The van der Waals surface area contributed by atoms with Crippen molar-refractivity contribution in [1.29, 1.82) is 0 Å². The van der Waals surface area contributed by atoms with Crippen LogP contribution >= 0.6 is 0 Å². The summed E-state index contributed by atoms with van der Waals surface area (Å²) in [5.74, 6) is 0.0910. The van der Waals surface area contributed by atoms with Gasteiger partial charge >= 0.3 is 12.3 Å². The highest BCUT2D eigenvalue weighted by Crippen LogP contribution is 2.36. The third kappa shape index (κ3) is 5.51. The molecular weight excluding hydrogens is 325 g/mol. The lowest BCUT2D eigenvalue weighted by atomic mass is 9.93. The quantitative estimate of drug-likeness (QED) is 0.785. The summed E-state index contributed by atoms with van der Waals surface area (Å²) in [5.41, 5.74) is 2.01. The highest BCUT2D eigenvalue weighted by molar-refractivity contribution is 5.69. The molecule has 1 saturated carbocycles. The minimum atomic E-state index is -4.35. The van der Waals surface area contributed by atoms with Gasteiger partial charge in [0.15, 0.2) is 6.61 Å². The Bertz CT molecular complexity index is 437. The molecule has 2 rings (SSSR count). The lowest BCUT2D eigenvalue weighted by Crippen LogP contribution is -2.48. The van der Waals surface area contributed by atoms with E-state index in [0.717, 1.165) is 32.1 Å². The predicted molar refractivity (Wildman–Crippen MR) is 82.2 cm³/mol. The molecule has 0 radical (unpaired) electrons. The minimum absolute atomic E-state index is 0.00524. The first-order chi connectivity index (χ1) is 11.1. The second-order valence-electron chi connectivity index (χ2n) is 7.61. The van der Waals surface area contributed by atoms with Crippen molar-refractivity contribution >= 4 is 6.09 Å². The summed E-state index contributed by atoms with van der Waals surface area (Å²) in [6, 6.07) is -0.172. The summed E-state index contributed by atoms with van der Waals surface area (Å²) in [5, 5.41) is 0. The highest BCUT2D eigenvalue weighted by atomic mass is 19.4. The van der Waals surface area contributed by atoms with Crippen LogP contribution in [-0.4, -0.2) is 48.0 Å². The van der Waals surface area contributed by atoms with Crippen molar-refractivity contribution in [3.63, 3.8) is 0 Å². The number of nitrogens with zero attached hydrogens (tertiary/aromatic N) is 1. The minimum Gasteiger partial charge on any atom is -0.444 e. The smallest absolute Gasteiger partial charge is 0.413 e. The van der Waals surface area contributed by atoms with Crippen LogP contribution in [0.4, 0.5) is 18.0 Å². The first-order valence-electron chi connectivity index (χ1n) is 8.50. The van der Waals surface area contributed by atoms with Gasteiger partial charge in [0.25, 0.3) is 0 Å². The zero-order valence-corrected chi connectivity index (χ0v) is 14.5. The van der Waals surface area contributed by atoms with Crippen LogP contribution in [0.5, 0.6) is 0 Å². The number of halogens is 3. The summed E-state index contributed by atoms with van der Waals surface area (Å²) in [6.45, 7) is 4.78. The number of likely N-dealkylation sites (tertiary alicyclic amines) is 1. The van der Waals surface area contributed by atoms with Gasteiger partial charge in [-0.25, -0.2) is 4.79 Å². The van der Waals surface area contributed by atoms with Crippen LogP contribution in [0.1, 0.15) is 52.9 Å². The van der Waals surface area contributed by atoms with Crippen molar-refractivity contribution in [2.75, 3.05) is 13.2 Å². The van der Waals surface area contributed by atoms with Crippen molar-refractivity contribution in [3.05, 3.63) is 0 Å². The Morgan fingerprint density at radius 1 is 1.17 bits per heavy atom. The number of rotatable bonds is 4. The fourth-order valence-corrected chi connectivity index (χ4v) is 3.61. The van der Waals surface area contributed by atoms with Crippen LogP contribution in [-0.2, 0) is 9.57 Å². The second-order valence-corrected chi connectivity index (χ2v) is 7.61. The number of hydrogen-bond acceptors (Lipinski definition) is 4. The average Bonchev–Trinajstić information content (AvgIpc) is 3.02. The summed E-state index contributed by atoms with van der Waals surface area (Å²) >= 11 is 0. The molecule has 0 spiro atoms. The molecule has 2 aliphatic rings. The van der Waals surface area contributed by atoms with E-state index in [0.29, 0.717) is 6.54 Å². The first kappa shape index (κ1) is 19.3. The van der Waals surface area contributed by atoms with Crippen LogP contribution in [0, 0.1) is 5.92 Å². The fourth-order valence-electron chi connectivity index (χ4n) is 3.61. The Balaban J connectivity index is 1.93. The molecule has 1 saturated heterocycles. The number of carbonyl (C=O) groups excluding carboxylic acids is 1. The molecular formula is C16H27F3N2O3. The topological polar surface area (TPSA) is 50.8 Å². The van der Waals surface area contributed by atoms with Crippen molar-refractivity contribution in [2.45, 2.75) is 76.7 Å². The number of alkyl halides is 3. The predicted octanol–water partition coefficient (Wildman–Crippen LogP) is 3.64. The third-order valence-electron chi connectivity index (χ3n) is 4.46. The maximum atomic E-state index is 12.4. The standard InChI is InChI=1S/C16H27F3N2O3/c1-15(2,3)24-14(22)21-9-5-8-13(21)11-6-4-7-12(11)20-23-10-16(17,18)19/h11-13,20H,4-10H2,1-3H3. The van der Waals surface area contributed by atoms with E-state index >= 15 is 0 Å². The van der Waals surface area contributed by atoms with Crippen molar-refractivity contribution < 1.29 is 27.5 Å². The molecule has 0 aromatic rings. The molecule has 1 N–H and O–H groups in total. The number of ether oxygens (including phenoxy) is 1. The number of carbonyl (C=O) groups is 1. The van der Waals surface area contributed by atoms with Crippen LogP contribution in [0.25, 0.3) is 0 Å². The maximum Gasteiger partial charge on any atom is 0.413 e. The van der Waals surface area contributed by atoms with Gasteiger partial charge in [-0.05, 0) is 52.4 Å². The molecule has 0 aromatic carbocycles. The lowest BCUT2D eigenvalue weighted by molar-refractivity contribution is -0.194. The van der Waals surface area contributed by atoms with Crippen molar-refractivity contribution in [3.8, 4) is 0 Å². The normalized spacial score (nSPS) is 28.4. The van der Waals surface area contributed by atoms with Crippen molar-refractivity contribution in [1.82, 2.24) is 10.4 Å². The number of nitrogens with one attached hydrogen (secondary N) is 1. The van der Waals surface area contributed by atoms with Gasteiger partial charge in [-0.15, -0.1) is 0 Å². The van der Waals surface area contributed by atoms with Gasteiger partial charge in [0.1, 0.15) is 5.60 Å². The molecule has 1 aliphatic heterocycles. The molecule has 0 aromatic heterocycles. The van der Waals surface area contributed by atoms with Crippen LogP contribution in [0.2, 0.25) is 0 Å². The Labute approximate surface area is 140 Å². The van der Waals surface area contributed by atoms with E-state index in [2.05, 4.69) is 10.3 Å².